The van der Waals surface area contributed by atoms with Crippen molar-refractivity contribution in [3.63, 3.8) is 0 Å². The highest BCUT2D eigenvalue weighted by atomic mass is 16.5. The molecule has 0 saturated carbocycles. The van der Waals surface area contributed by atoms with Gasteiger partial charge in [0.2, 0.25) is 0 Å². The van der Waals surface area contributed by atoms with Gasteiger partial charge in [-0.15, -0.1) is 0 Å². The maximum absolute atomic E-state index is 12.6. The number of aliphatic imine (C=N–C) groups is 1. The monoisotopic (exact) mass is 502 g/mol. The fourth-order valence-electron chi connectivity index (χ4n) is 5.30. The molecule has 5 rings (SSSR count). The summed E-state index contributed by atoms with van der Waals surface area (Å²) in [6.45, 7) is 11.5. The number of hydrogen-bond donors (Lipinski definition) is 2. The third kappa shape index (κ3) is 4.67. The summed E-state index contributed by atoms with van der Waals surface area (Å²) in [7, 11) is 0. The minimum atomic E-state index is -1.18. The van der Waals surface area contributed by atoms with Crippen LogP contribution >= 0.6 is 0 Å². The van der Waals surface area contributed by atoms with E-state index in [9.17, 15) is 15.0 Å². The Morgan fingerprint density at radius 1 is 1.22 bits per heavy atom. The number of rotatable bonds is 5. The lowest BCUT2D eigenvalue weighted by Gasteiger charge is -2.39. The molecule has 0 fully saturated rings. The van der Waals surface area contributed by atoms with Gasteiger partial charge in [-0.2, -0.15) is 0 Å². The molecule has 2 aromatic rings. The van der Waals surface area contributed by atoms with Gasteiger partial charge in [0.25, 0.3) is 0 Å². The van der Waals surface area contributed by atoms with Crippen LogP contribution in [0.5, 0.6) is 0 Å². The average Bonchev–Trinajstić information content (AvgIpc) is 2.80. The van der Waals surface area contributed by atoms with Gasteiger partial charge < -0.3 is 19.7 Å². The number of ether oxygens (including phenoxy) is 2. The standard InChI is InChI=1S/C30H34N2O5/c1-17-13-21-20(7-8-22(32-21)29(5,6)35)25(24(17)26(27(33)34)37-28(2,3)4)19-9-11-30-15-18(10-12-36-30)16-31-23(30)14-19/h7-9,13-16,26,35H,10-12H2,1-6H3,(H,33,34)/t26-,30+/m0/s1. The van der Waals surface area contributed by atoms with Crippen LogP contribution in [0, 0.1) is 6.92 Å². The van der Waals surface area contributed by atoms with Crippen molar-refractivity contribution in [2.45, 2.75) is 77.3 Å². The predicted octanol–water partition coefficient (Wildman–Crippen LogP) is 5.55. The molecule has 194 valence electrons. The van der Waals surface area contributed by atoms with Gasteiger partial charge in [0.1, 0.15) is 11.2 Å². The summed E-state index contributed by atoms with van der Waals surface area (Å²) in [5, 5.41) is 21.7. The summed E-state index contributed by atoms with van der Waals surface area (Å²) in [5.74, 6) is -1.06. The predicted molar refractivity (Wildman–Crippen MR) is 143 cm³/mol. The van der Waals surface area contributed by atoms with E-state index in [-0.39, 0.29) is 0 Å². The number of aryl methyl sites for hydroxylation is 1. The van der Waals surface area contributed by atoms with E-state index < -0.39 is 28.9 Å². The van der Waals surface area contributed by atoms with E-state index in [2.05, 4.69) is 12.2 Å². The lowest BCUT2D eigenvalue weighted by atomic mass is 9.79. The van der Waals surface area contributed by atoms with Gasteiger partial charge in [-0.3, -0.25) is 4.99 Å². The van der Waals surface area contributed by atoms with Crippen molar-refractivity contribution in [2.75, 3.05) is 6.61 Å². The number of fused-ring (bicyclic) bond motifs is 1. The zero-order chi connectivity index (χ0) is 26.8. The Kier molecular flexibility index (Phi) is 6.01. The molecular formula is C30H34N2O5. The molecule has 7 nitrogen and oxygen atoms in total. The Morgan fingerprint density at radius 3 is 2.65 bits per heavy atom. The molecule has 0 saturated heterocycles. The van der Waals surface area contributed by atoms with Crippen LogP contribution in [0.4, 0.5) is 0 Å². The second-order valence-corrected chi connectivity index (χ2v) is 11.6. The smallest absolute Gasteiger partial charge is 0.337 e. The van der Waals surface area contributed by atoms with Crippen LogP contribution in [0.15, 0.2) is 52.7 Å². The molecule has 1 spiro atoms. The number of allylic oxidation sites excluding steroid dienone is 2. The minimum absolute atomic E-state index is 0.541. The average molecular weight is 503 g/mol. The summed E-state index contributed by atoms with van der Waals surface area (Å²) in [5.41, 5.74) is 3.78. The Bertz CT molecular complexity index is 1420. The summed E-state index contributed by atoms with van der Waals surface area (Å²) in [4.78, 5) is 22.1. The molecule has 1 aliphatic carbocycles. The second kappa shape index (κ2) is 8.72. The van der Waals surface area contributed by atoms with Crippen LogP contribution < -0.4 is 0 Å². The second-order valence-electron chi connectivity index (χ2n) is 11.6. The molecule has 37 heavy (non-hydrogen) atoms. The summed E-state index contributed by atoms with van der Waals surface area (Å²) < 4.78 is 12.3. The topological polar surface area (TPSA) is 101 Å². The Labute approximate surface area is 217 Å². The van der Waals surface area contributed by atoms with Crippen LogP contribution in [-0.4, -0.2) is 45.2 Å². The van der Waals surface area contributed by atoms with Crippen LogP contribution in [-0.2, 0) is 19.9 Å². The number of aliphatic carboxylic acids is 1. The number of nitrogens with zero attached hydrogens (tertiary/aromatic N) is 2. The molecular weight excluding hydrogens is 468 g/mol. The van der Waals surface area contributed by atoms with E-state index in [1.807, 2.05) is 52.1 Å². The highest BCUT2D eigenvalue weighted by molar-refractivity contribution is 5.99. The summed E-state index contributed by atoms with van der Waals surface area (Å²) in [6, 6.07) is 5.58. The van der Waals surface area contributed by atoms with Gasteiger partial charge in [0.05, 0.1) is 29.1 Å². The molecule has 0 unspecified atom stereocenters. The number of aromatic nitrogens is 1. The van der Waals surface area contributed by atoms with E-state index in [1.54, 1.807) is 19.9 Å². The molecule has 2 aliphatic heterocycles. The lowest BCUT2D eigenvalue weighted by Crippen LogP contribution is -2.39. The van der Waals surface area contributed by atoms with Crippen molar-refractivity contribution in [3.8, 4) is 0 Å². The fourth-order valence-corrected chi connectivity index (χ4v) is 5.30. The van der Waals surface area contributed by atoms with Crippen LogP contribution in [0.25, 0.3) is 16.5 Å². The minimum Gasteiger partial charge on any atom is -0.479 e. The number of pyridine rings is 1. The number of carboxylic acids is 1. The number of hydrogen-bond acceptors (Lipinski definition) is 6. The van der Waals surface area contributed by atoms with E-state index >= 15 is 0 Å². The van der Waals surface area contributed by atoms with Crippen molar-refractivity contribution < 1.29 is 24.5 Å². The molecule has 1 aromatic heterocycles. The van der Waals surface area contributed by atoms with Crippen molar-refractivity contribution in [3.05, 3.63) is 70.1 Å². The summed E-state index contributed by atoms with van der Waals surface area (Å²) in [6.07, 6.45) is 8.40. The molecule has 2 N–H and O–H groups in total. The summed E-state index contributed by atoms with van der Waals surface area (Å²) >= 11 is 0. The van der Waals surface area contributed by atoms with Crippen molar-refractivity contribution in [1.82, 2.24) is 4.98 Å². The number of carboxylic acid groups (broad SMARTS) is 1. The van der Waals surface area contributed by atoms with Gasteiger partial charge in [0, 0.05) is 23.6 Å². The maximum Gasteiger partial charge on any atom is 0.337 e. The van der Waals surface area contributed by atoms with E-state index in [0.29, 0.717) is 29.8 Å². The van der Waals surface area contributed by atoms with E-state index in [4.69, 9.17) is 19.5 Å². The molecule has 0 amide bonds. The van der Waals surface area contributed by atoms with Crippen LogP contribution in [0.1, 0.15) is 75.9 Å². The Hall–Kier alpha value is -3.13. The lowest BCUT2D eigenvalue weighted by molar-refractivity contribution is -0.160. The molecule has 1 aromatic carbocycles. The molecule has 3 aliphatic rings. The Balaban J connectivity index is 1.76. The van der Waals surface area contributed by atoms with E-state index in [1.165, 1.54) is 5.57 Å². The first-order valence-electron chi connectivity index (χ1n) is 12.7. The third-order valence-corrected chi connectivity index (χ3v) is 7.00. The fraction of sp³-hybridized carbons (Fsp3) is 0.433. The first kappa shape index (κ1) is 25.5. The van der Waals surface area contributed by atoms with Crippen LogP contribution in [0.2, 0.25) is 0 Å². The van der Waals surface area contributed by atoms with E-state index in [0.717, 1.165) is 34.2 Å². The highest BCUT2D eigenvalue weighted by Crippen LogP contribution is 2.45. The zero-order valence-electron chi connectivity index (χ0n) is 22.3. The molecule has 2 atom stereocenters. The molecule has 0 radical (unpaired) electrons. The van der Waals surface area contributed by atoms with Crippen LogP contribution in [0.3, 0.4) is 0 Å². The van der Waals surface area contributed by atoms with Crippen molar-refractivity contribution in [2.24, 2.45) is 4.99 Å². The highest BCUT2D eigenvalue weighted by Gasteiger charge is 2.40. The molecule has 7 heteroatoms. The number of carbonyl (C=O) groups is 1. The first-order valence-corrected chi connectivity index (χ1v) is 12.7. The maximum atomic E-state index is 12.6. The van der Waals surface area contributed by atoms with Gasteiger partial charge >= 0.3 is 5.97 Å². The quantitative estimate of drug-likeness (QED) is 0.556. The number of aliphatic hydroxyl groups is 1. The zero-order valence-corrected chi connectivity index (χ0v) is 22.3. The third-order valence-electron chi connectivity index (χ3n) is 7.00. The molecule has 2 bridgehead atoms. The SMILES string of the molecule is Cc1cc2nc(C(C)(C)O)ccc2c(C2=CC[C@@]34C=C(C=NC3=C2)CCO4)c1[C@H](OC(C)(C)C)C(=O)O. The first-order chi connectivity index (χ1) is 17.3. The van der Waals surface area contributed by atoms with Gasteiger partial charge in [0.15, 0.2) is 6.10 Å². The number of dihydropyridines is 1. The van der Waals surface area contributed by atoms with Gasteiger partial charge in [-0.25, -0.2) is 9.78 Å². The number of benzene rings is 1. The molecule has 3 heterocycles. The normalized spacial score (nSPS) is 22.2. The largest absolute Gasteiger partial charge is 0.479 e. The van der Waals surface area contributed by atoms with Gasteiger partial charge in [-0.1, -0.05) is 12.1 Å². The Morgan fingerprint density at radius 2 is 1.97 bits per heavy atom. The van der Waals surface area contributed by atoms with Crippen molar-refractivity contribution >= 4 is 28.7 Å². The van der Waals surface area contributed by atoms with Gasteiger partial charge in [-0.05, 0) is 94.5 Å². The van der Waals surface area contributed by atoms with Crippen molar-refractivity contribution in [1.29, 1.82) is 0 Å².